The molecule has 2 rings (SSSR count). The van der Waals surface area contributed by atoms with Crippen LogP contribution < -0.4 is 10.6 Å². The van der Waals surface area contributed by atoms with Crippen molar-refractivity contribution in [1.82, 2.24) is 10.6 Å². The van der Waals surface area contributed by atoms with E-state index in [9.17, 15) is 8.42 Å². The van der Waals surface area contributed by atoms with Crippen molar-refractivity contribution in [3.63, 3.8) is 0 Å². The molecule has 23 heavy (non-hydrogen) atoms. The van der Waals surface area contributed by atoms with E-state index in [2.05, 4.69) is 31.6 Å². The van der Waals surface area contributed by atoms with E-state index in [1.54, 1.807) is 7.05 Å². The van der Waals surface area contributed by atoms with E-state index >= 15 is 0 Å². The average Bonchev–Trinajstić information content (AvgIpc) is 2.80. The first-order valence-electron chi connectivity index (χ1n) is 7.01. The molecule has 1 saturated heterocycles. The second-order valence-corrected chi connectivity index (χ2v) is 8.75. The lowest BCUT2D eigenvalue weighted by Gasteiger charge is -2.16. The number of aliphatic imine (C=N–C) groups is 1. The molecule has 0 amide bonds. The summed E-state index contributed by atoms with van der Waals surface area (Å²) in [5.41, 5.74) is 1.11. The Balaban J connectivity index is 0.00000264. The molecule has 1 heterocycles. The fraction of sp³-hybridized carbons (Fsp3) is 0.500. The lowest BCUT2D eigenvalue weighted by molar-refractivity contribution is 0.599. The number of nitrogens with zero attached hydrogens (tertiary/aromatic N) is 1. The summed E-state index contributed by atoms with van der Waals surface area (Å²) in [6.07, 6.45) is 1.41. The zero-order valence-corrected chi connectivity index (χ0v) is 18.2. The van der Waals surface area contributed by atoms with Crippen LogP contribution in [0.3, 0.4) is 0 Å². The Bertz CT molecular complexity index is 670. The smallest absolute Gasteiger partial charge is 0.191 e. The van der Waals surface area contributed by atoms with Crippen LogP contribution in [-0.4, -0.2) is 45.5 Å². The minimum Gasteiger partial charge on any atom is -0.356 e. The van der Waals surface area contributed by atoms with Crippen LogP contribution in [-0.2, 0) is 16.3 Å². The molecule has 9 heteroatoms. The van der Waals surface area contributed by atoms with Crippen LogP contribution in [0.5, 0.6) is 0 Å². The first-order valence-corrected chi connectivity index (χ1v) is 10.0. The highest BCUT2D eigenvalue weighted by Crippen LogP contribution is 2.21. The number of benzene rings is 1. The highest BCUT2D eigenvalue weighted by atomic mass is 127. The van der Waals surface area contributed by atoms with Gasteiger partial charge in [-0.25, -0.2) is 8.42 Å². The van der Waals surface area contributed by atoms with Crippen molar-refractivity contribution in [2.45, 2.75) is 18.9 Å². The number of guanidine groups is 1. The van der Waals surface area contributed by atoms with Crippen molar-refractivity contribution in [3.05, 3.63) is 33.3 Å². The van der Waals surface area contributed by atoms with Gasteiger partial charge in [0.2, 0.25) is 0 Å². The predicted octanol–water partition coefficient (Wildman–Crippen LogP) is 2.62. The van der Waals surface area contributed by atoms with Gasteiger partial charge in [0.25, 0.3) is 0 Å². The first-order chi connectivity index (χ1) is 10.4. The summed E-state index contributed by atoms with van der Waals surface area (Å²) in [4.78, 5) is 4.13. The minimum absolute atomic E-state index is 0. The van der Waals surface area contributed by atoms with Crippen molar-refractivity contribution in [2.24, 2.45) is 4.99 Å². The Hall–Kier alpha value is -0.0600. The molecule has 1 unspecified atom stereocenters. The van der Waals surface area contributed by atoms with E-state index < -0.39 is 9.84 Å². The second kappa shape index (κ2) is 9.43. The Labute approximate surface area is 167 Å². The molecule has 1 aliphatic rings. The summed E-state index contributed by atoms with van der Waals surface area (Å²) < 4.78 is 23.9. The zero-order valence-electron chi connectivity index (χ0n) is 12.7. The summed E-state index contributed by atoms with van der Waals surface area (Å²) in [6, 6.07) is 5.62. The quantitative estimate of drug-likeness (QED) is 0.353. The largest absolute Gasteiger partial charge is 0.356 e. The number of halogens is 3. The molecule has 2 N–H and O–H groups in total. The fourth-order valence-electron chi connectivity index (χ4n) is 2.35. The monoisotopic (exact) mass is 535 g/mol. The SMILES string of the molecule is CN=C(NCCc1cc(Cl)ccc1Br)NC1CCS(=O)(=O)C1.I. The lowest BCUT2D eigenvalue weighted by atomic mass is 10.1. The Morgan fingerprint density at radius 2 is 2.22 bits per heavy atom. The number of hydrogen-bond donors (Lipinski definition) is 2. The molecule has 0 spiro atoms. The highest BCUT2D eigenvalue weighted by molar-refractivity contribution is 14.0. The summed E-state index contributed by atoms with van der Waals surface area (Å²) in [5, 5.41) is 7.06. The molecular weight excluding hydrogens is 517 g/mol. The number of rotatable bonds is 4. The van der Waals surface area contributed by atoms with Crippen molar-refractivity contribution < 1.29 is 8.42 Å². The summed E-state index contributed by atoms with van der Waals surface area (Å²) >= 11 is 9.49. The van der Waals surface area contributed by atoms with E-state index in [0.29, 0.717) is 23.9 Å². The highest BCUT2D eigenvalue weighted by Gasteiger charge is 2.28. The number of sulfone groups is 1. The zero-order chi connectivity index (χ0) is 16.2. The second-order valence-electron chi connectivity index (χ2n) is 5.23. The molecule has 130 valence electrons. The standard InChI is InChI=1S/C14H19BrClN3O2S.HI/c1-17-14(19-12-5-7-22(20,21)9-12)18-6-4-10-8-11(16)2-3-13(10)15;/h2-3,8,12H,4-7,9H2,1H3,(H2,17,18,19);1H. The summed E-state index contributed by atoms with van der Waals surface area (Å²) in [7, 11) is -1.21. The third kappa shape index (κ3) is 6.75. The third-order valence-corrected chi connectivity index (χ3v) is 6.27. The van der Waals surface area contributed by atoms with Gasteiger partial charge in [0, 0.05) is 29.1 Å². The van der Waals surface area contributed by atoms with Gasteiger partial charge in [-0.3, -0.25) is 4.99 Å². The topological polar surface area (TPSA) is 70.6 Å². The van der Waals surface area contributed by atoms with Gasteiger partial charge in [0.1, 0.15) is 0 Å². The maximum Gasteiger partial charge on any atom is 0.191 e. The number of nitrogens with one attached hydrogen (secondary N) is 2. The van der Waals surface area contributed by atoms with Gasteiger partial charge < -0.3 is 10.6 Å². The van der Waals surface area contributed by atoms with Gasteiger partial charge in [-0.2, -0.15) is 0 Å². The van der Waals surface area contributed by atoms with Crippen molar-refractivity contribution in [1.29, 1.82) is 0 Å². The van der Waals surface area contributed by atoms with Crippen LogP contribution in [0.15, 0.2) is 27.7 Å². The van der Waals surface area contributed by atoms with E-state index in [1.165, 1.54) is 0 Å². The Kier molecular flexibility index (Phi) is 8.60. The number of hydrogen-bond acceptors (Lipinski definition) is 3. The average molecular weight is 537 g/mol. The Morgan fingerprint density at radius 3 is 2.83 bits per heavy atom. The predicted molar refractivity (Wildman–Crippen MR) is 110 cm³/mol. The first kappa shape index (κ1) is 21.0. The van der Waals surface area contributed by atoms with Gasteiger partial charge in [-0.1, -0.05) is 27.5 Å². The van der Waals surface area contributed by atoms with E-state index in [0.717, 1.165) is 16.5 Å². The lowest BCUT2D eigenvalue weighted by Crippen LogP contribution is -2.44. The fourth-order valence-corrected chi connectivity index (χ4v) is 4.66. The van der Waals surface area contributed by atoms with Gasteiger partial charge in [0.15, 0.2) is 15.8 Å². The van der Waals surface area contributed by atoms with Gasteiger partial charge in [-0.05, 0) is 36.6 Å². The molecule has 1 fully saturated rings. The van der Waals surface area contributed by atoms with Crippen molar-refractivity contribution in [3.8, 4) is 0 Å². The van der Waals surface area contributed by atoms with Gasteiger partial charge >= 0.3 is 0 Å². The molecule has 1 atom stereocenters. The van der Waals surface area contributed by atoms with Crippen molar-refractivity contribution in [2.75, 3.05) is 25.1 Å². The van der Waals surface area contributed by atoms with E-state index in [1.807, 2.05) is 18.2 Å². The van der Waals surface area contributed by atoms with E-state index in [-0.39, 0.29) is 41.5 Å². The van der Waals surface area contributed by atoms with Crippen LogP contribution in [0.1, 0.15) is 12.0 Å². The van der Waals surface area contributed by atoms with Crippen LogP contribution in [0.2, 0.25) is 5.02 Å². The molecule has 5 nitrogen and oxygen atoms in total. The summed E-state index contributed by atoms with van der Waals surface area (Å²) in [6.45, 7) is 0.679. The molecule has 1 aromatic carbocycles. The molecule has 1 aromatic rings. The maximum absolute atomic E-state index is 11.5. The minimum atomic E-state index is -2.89. The maximum atomic E-state index is 11.5. The summed E-state index contributed by atoms with van der Waals surface area (Å²) in [5.74, 6) is 1.05. The van der Waals surface area contributed by atoms with Crippen LogP contribution in [0.25, 0.3) is 0 Å². The molecule has 0 bridgehead atoms. The molecule has 0 aromatic heterocycles. The molecular formula is C14H20BrClIN3O2S. The van der Waals surface area contributed by atoms with E-state index in [4.69, 9.17) is 11.6 Å². The van der Waals surface area contributed by atoms with Gasteiger partial charge in [-0.15, -0.1) is 24.0 Å². The molecule has 0 aliphatic carbocycles. The van der Waals surface area contributed by atoms with Crippen molar-refractivity contribution >= 4 is 67.3 Å². The third-order valence-electron chi connectivity index (χ3n) is 3.49. The Morgan fingerprint density at radius 1 is 1.48 bits per heavy atom. The van der Waals surface area contributed by atoms with Crippen LogP contribution >= 0.6 is 51.5 Å². The normalized spacial score (nSPS) is 20.0. The van der Waals surface area contributed by atoms with Gasteiger partial charge in [0.05, 0.1) is 11.5 Å². The molecule has 0 radical (unpaired) electrons. The van der Waals surface area contributed by atoms with Crippen LogP contribution in [0, 0.1) is 0 Å². The van der Waals surface area contributed by atoms with Crippen LogP contribution in [0.4, 0.5) is 0 Å². The molecule has 1 aliphatic heterocycles. The molecule has 0 saturated carbocycles.